The maximum absolute atomic E-state index is 8.81. The Morgan fingerprint density at radius 1 is 1.35 bits per heavy atom. The second kappa shape index (κ2) is 7.62. The van der Waals surface area contributed by atoms with Gasteiger partial charge in [0, 0.05) is 19.3 Å². The van der Waals surface area contributed by atoms with Gasteiger partial charge in [0.1, 0.15) is 5.75 Å². The molecule has 0 saturated carbocycles. The molecule has 6 heteroatoms. The van der Waals surface area contributed by atoms with Crippen molar-refractivity contribution in [3.05, 3.63) is 41.7 Å². The monoisotopic (exact) mass is 276 g/mol. The number of aromatic nitrogens is 3. The van der Waals surface area contributed by atoms with Gasteiger partial charge in [-0.3, -0.25) is 0 Å². The molecule has 6 nitrogen and oxygen atoms in total. The van der Waals surface area contributed by atoms with E-state index in [2.05, 4.69) is 21.7 Å². The van der Waals surface area contributed by atoms with Gasteiger partial charge >= 0.3 is 0 Å². The minimum atomic E-state index is 0.0699. The Kier molecular flexibility index (Phi) is 5.52. The van der Waals surface area contributed by atoms with Crippen LogP contribution in [0.4, 0.5) is 0 Å². The molecule has 108 valence electrons. The largest absolute Gasteiger partial charge is 0.494 e. The van der Waals surface area contributed by atoms with Crippen LogP contribution in [0.5, 0.6) is 5.75 Å². The van der Waals surface area contributed by atoms with Gasteiger partial charge in [-0.05, 0) is 24.6 Å². The molecule has 20 heavy (non-hydrogen) atoms. The van der Waals surface area contributed by atoms with Gasteiger partial charge in [0.25, 0.3) is 0 Å². The summed E-state index contributed by atoms with van der Waals surface area (Å²) in [6, 6.07) is 8.02. The van der Waals surface area contributed by atoms with E-state index in [0.29, 0.717) is 19.7 Å². The van der Waals surface area contributed by atoms with E-state index in [0.717, 1.165) is 18.0 Å². The number of nitrogens with zero attached hydrogens (tertiary/aromatic N) is 3. The van der Waals surface area contributed by atoms with Crippen molar-refractivity contribution in [2.24, 2.45) is 0 Å². The standard InChI is InChI=1S/C14H20N4O2/c1-2-20-14-5-3-4-12(8-14)9-15-10-13-11-18(6-7-19)17-16-13/h3-5,8,11,15,19H,2,6-7,9-10H2,1H3. The molecule has 1 heterocycles. The highest BCUT2D eigenvalue weighted by Gasteiger charge is 2.01. The molecular weight excluding hydrogens is 256 g/mol. The Morgan fingerprint density at radius 2 is 2.25 bits per heavy atom. The Balaban J connectivity index is 1.81. The van der Waals surface area contributed by atoms with E-state index in [9.17, 15) is 0 Å². The van der Waals surface area contributed by atoms with Gasteiger partial charge in [0.15, 0.2) is 0 Å². The number of aliphatic hydroxyl groups excluding tert-OH is 1. The van der Waals surface area contributed by atoms with Crippen LogP contribution in [0, 0.1) is 0 Å². The smallest absolute Gasteiger partial charge is 0.119 e. The van der Waals surface area contributed by atoms with Crippen LogP contribution in [0.25, 0.3) is 0 Å². The molecular formula is C14H20N4O2. The molecule has 0 aliphatic rings. The number of hydrogen-bond donors (Lipinski definition) is 2. The van der Waals surface area contributed by atoms with E-state index in [1.165, 1.54) is 5.56 Å². The zero-order valence-electron chi connectivity index (χ0n) is 11.6. The first-order valence-corrected chi connectivity index (χ1v) is 6.74. The fraction of sp³-hybridized carbons (Fsp3) is 0.429. The van der Waals surface area contributed by atoms with Crippen LogP contribution in [-0.2, 0) is 19.6 Å². The van der Waals surface area contributed by atoms with Crippen molar-refractivity contribution in [2.75, 3.05) is 13.2 Å². The molecule has 0 spiro atoms. The van der Waals surface area contributed by atoms with Crippen LogP contribution in [-0.4, -0.2) is 33.3 Å². The summed E-state index contributed by atoms with van der Waals surface area (Å²) in [7, 11) is 0. The second-order valence-electron chi connectivity index (χ2n) is 4.38. The molecule has 1 aromatic carbocycles. The minimum absolute atomic E-state index is 0.0699. The maximum Gasteiger partial charge on any atom is 0.119 e. The van der Waals surface area contributed by atoms with Crippen molar-refractivity contribution in [3.63, 3.8) is 0 Å². The summed E-state index contributed by atoms with van der Waals surface area (Å²) in [4.78, 5) is 0. The quantitative estimate of drug-likeness (QED) is 0.751. The topological polar surface area (TPSA) is 72.2 Å². The molecule has 0 saturated heterocycles. The summed E-state index contributed by atoms with van der Waals surface area (Å²) in [6.45, 7) is 4.58. The van der Waals surface area contributed by atoms with E-state index in [1.807, 2.05) is 31.3 Å². The van der Waals surface area contributed by atoms with Crippen LogP contribution in [0.3, 0.4) is 0 Å². The second-order valence-corrected chi connectivity index (χ2v) is 4.38. The highest BCUT2D eigenvalue weighted by Crippen LogP contribution is 2.13. The highest BCUT2D eigenvalue weighted by molar-refractivity contribution is 5.28. The Labute approximate surface area is 118 Å². The van der Waals surface area contributed by atoms with Crippen molar-refractivity contribution in [1.29, 1.82) is 0 Å². The molecule has 0 unspecified atom stereocenters. The molecule has 0 amide bonds. The van der Waals surface area contributed by atoms with Crippen LogP contribution < -0.4 is 10.1 Å². The van der Waals surface area contributed by atoms with Gasteiger partial charge in [0.05, 0.1) is 25.5 Å². The molecule has 2 N–H and O–H groups in total. The first-order valence-electron chi connectivity index (χ1n) is 6.74. The number of aliphatic hydroxyl groups is 1. The van der Waals surface area contributed by atoms with E-state index in [1.54, 1.807) is 4.68 Å². The molecule has 2 rings (SSSR count). The Bertz CT molecular complexity index is 527. The van der Waals surface area contributed by atoms with Crippen LogP contribution in [0.2, 0.25) is 0 Å². The lowest BCUT2D eigenvalue weighted by molar-refractivity contribution is 0.268. The zero-order valence-corrected chi connectivity index (χ0v) is 11.6. The first-order chi connectivity index (χ1) is 9.81. The van der Waals surface area contributed by atoms with Crippen molar-refractivity contribution < 1.29 is 9.84 Å². The first kappa shape index (κ1) is 14.5. The average Bonchev–Trinajstić information content (AvgIpc) is 2.88. The fourth-order valence-electron chi connectivity index (χ4n) is 1.88. The predicted molar refractivity (Wildman–Crippen MR) is 75.3 cm³/mol. The van der Waals surface area contributed by atoms with Gasteiger partial charge in [-0.2, -0.15) is 0 Å². The van der Waals surface area contributed by atoms with Gasteiger partial charge in [-0.25, -0.2) is 4.68 Å². The number of benzene rings is 1. The predicted octanol–water partition coefficient (Wildman–Crippen LogP) is 0.959. The third kappa shape index (κ3) is 4.32. The lowest BCUT2D eigenvalue weighted by Crippen LogP contribution is -2.13. The highest BCUT2D eigenvalue weighted by atomic mass is 16.5. The molecule has 0 aliphatic carbocycles. The van der Waals surface area contributed by atoms with Crippen molar-refractivity contribution in [1.82, 2.24) is 20.3 Å². The summed E-state index contributed by atoms with van der Waals surface area (Å²) in [5.74, 6) is 0.890. The van der Waals surface area contributed by atoms with E-state index in [-0.39, 0.29) is 6.61 Å². The molecule has 0 atom stereocenters. The van der Waals surface area contributed by atoms with Gasteiger partial charge < -0.3 is 15.2 Å². The Morgan fingerprint density at radius 3 is 3.05 bits per heavy atom. The zero-order chi connectivity index (χ0) is 14.2. The maximum atomic E-state index is 8.81. The summed E-state index contributed by atoms with van der Waals surface area (Å²) >= 11 is 0. The lowest BCUT2D eigenvalue weighted by Gasteiger charge is -2.06. The number of ether oxygens (including phenoxy) is 1. The third-order valence-corrected chi connectivity index (χ3v) is 2.76. The van der Waals surface area contributed by atoms with Crippen LogP contribution in [0.15, 0.2) is 30.5 Å². The Hall–Kier alpha value is -1.92. The SMILES string of the molecule is CCOc1cccc(CNCc2cn(CCO)nn2)c1. The fourth-order valence-corrected chi connectivity index (χ4v) is 1.88. The van der Waals surface area contributed by atoms with E-state index < -0.39 is 0 Å². The third-order valence-electron chi connectivity index (χ3n) is 2.76. The number of nitrogens with one attached hydrogen (secondary N) is 1. The molecule has 0 radical (unpaired) electrons. The van der Waals surface area contributed by atoms with Gasteiger partial charge in [-0.15, -0.1) is 5.10 Å². The van der Waals surface area contributed by atoms with Crippen molar-refractivity contribution in [2.45, 2.75) is 26.6 Å². The molecule has 1 aromatic heterocycles. The normalized spacial score (nSPS) is 10.7. The minimum Gasteiger partial charge on any atom is -0.494 e. The van der Waals surface area contributed by atoms with Crippen molar-refractivity contribution >= 4 is 0 Å². The lowest BCUT2D eigenvalue weighted by atomic mass is 10.2. The molecule has 0 fully saturated rings. The van der Waals surface area contributed by atoms with Crippen LogP contribution in [0.1, 0.15) is 18.2 Å². The summed E-state index contributed by atoms with van der Waals surface area (Å²) < 4.78 is 7.10. The molecule has 0 bridgehead atoms. The molecule has 0 aliphatic heterocycles. The average molecular weight is 276 g/mol. The summed E-state index contributed by atoms with van der Waals surface area (Å²) in [5, 5.41) is 20.1. The van der Waals surface area contributed by atoms with E-state index >= 15 is 0 Å². The summed E-state index contributed by atoms with van der Waals surface area (Å²) in [6.07, 6.45) is 1.83. The van der Waals surface area contributed by atoms with E-state index in [4.69, 9.17) is 9.84 Å². The summed E-state index contributed by atoms with van der Waals surface area (Å²) in [5.41, 5.74) is 2.03. The molecule has 2 aromatic rings. The van der Waals surface area contributed by atoms with Gasteiger partial charge in [-0.1, -0.05) is 17.3 Å². The van der Waals surface area contributed by atoms with Crippen molar-refractivity contribution in [3.8, 4) is 5.75 Å². The van der Waals surface area contributed by atoms with Crippen LogP contribution >= 0.6 is 0 Å². The number of hydrogen-bond acceptors (Lipinski definition) is 5. The number of rotatable bonds is 8. The van der Waals surface area contributed by atoms with Gasteiger partial charge in [0.2, 0.25) is 0 Å².